The van der Waals surface area contributed by atoms with Gasteiger partial charge in [0.05, 0.1) is 19.5 Å². The van der Waals surface area contributed by atoms with Crippen LogP contribution in [0.3, 0.4) is 0 Å². The van der Waals surface area contributed by atoms with Crippen molar-refractivity contribution in [2.45, 2.75) is 51.4 Å². The average Bonchev–Trinajstić information content (AvgIpc) is 3.03. The lowest BCUT2D eigenvalue weighted by Gasteiger charge is -2.49. The van der Waals surface area contributed by atoms with Crippen LogP contribution in [0.1, 0.15) is 56.1 Å². The Morgan fingerprint density at radius 3 is 2.81 bits per heavy atom. The van der Waals surface area contributed by atoms with Crippen molar-refractivity contribution >= 4 is 11.7 Å². The third kappa shape index (κ3) is 3.32. The third-order valence-electron chi connectivity index (χ3n) is 8.68. The number of aliphatic hydroxyl groups is 1. The van der Waals surface area contributed by atoms with Crippen LogP contribution in [-0.2, 0) is 20.7 Å². The minimum absolute atomic E-state index is 0.0365. The van der Waals surface area contributed by atoms with E-state index >= 15 is 0 Å². The van der Waals surface area contributed by atoms with Crippen LogP contribution in [0.2, 0.25) is 0 Å². The van der Waals surface area contributed by atoms with Crippen molar-refractivity contribution in [2.24, 2.45) is 23.2 Å². The molecule has 3 fully saturated rings. The molecule has 5 atom stereocenters. The molecule has 166 valence electrons. The van der Waals surface area contributed by atoms with E-state index in [1.807, 2.05) is 4.90 Å². The summed E-state index contributed by atoms with van der Waals surface area (Å²) in [5.74, 6) is 1.32. The van der Waals surface area contributed by atoms with Crippen LogP contribution in [0.4, 0.5) is 0 Å². The van der Waals surface area contributed by atoms with Gasteiger partial charge in [0.15, 0.2) is 5.78 Å². The number of nitrogens with zero attached hydrogens (tertiary/aromatic N) is 1. The van der Waals surface area contributed by atoms with Gasteiger partial charge in [0.1, 0.15) is 0 Å². The summed E-state index contributed by atoms with van der Waals surface area (Å²) in [6, 6.07) is 8.77. The van der Waals surface area contributed by atoms with Gasteiger partial charge in [-0.1, -0.05) is 31.2 Å². The van der Waals surface area contributed by atoms with E-state index in [0.29, 0.717) is 56.6 Å². The number of ether oxygens (including phenoxy) is 1. The lowest BCUT2D eigenvalue weighted by Crippen LogP contribution is -2.44. The highest BCUT2D eigenvalue weighted by Crippen LogP contribution is 2.63. The first-order chi connectivity index (χ1) is 15.0. The zero-order valence-corrected chi connectivity index (χ0v) is 18.4. The zero-order chi connectivity index (χ0) is 21.6. The Morgan fingerprint density at radius 1 is 1.26 bits per heavy atom. The highest BCUT2D eigenvalue weighted by Gasteiger charge is 2.60. The fraction of sp³-hybridized carbons (Fsp3) is 0.615. The molecule has 5 nitrogen and oxygen atoms in total. The number of aryl methyl sites for hydroxylation is 1. The van der Waals surface area contributed by atoms with Gasteiger partial charge in [0, 0.05) is 30.5 Å². The van der Waals surface area contributed by atoms with Gasteiger partial charge in [0.2, 0.25) is 5.91 Å². The fourth-order valence-electron chi connectivity index (χ4n) is 7.21. The number of Topliss-reactive ketones (excluding diaryl/α,β-unsaturated/α-hetero) is 1. The van der Waals surface area contributed by atoms with Crippen molar-refractivity contribution in [3.63, 3.8) is 0 Å². The molecule has 2 saturated carbocycles. The highest BCUT2D eigenvalue weighted by atomic mass is 16.5. The van der Waals surface area contributed by atoms with Crippen LogP contribution < -0.4 is 0 Å². The predicted molar refractivity (Wildman–Crippen MR) is 118 cm³/mol. The van der Waals surface area contributed by atoms with Crippen molar-refractivity contribution in [1.82, 2.24) is 4.90 Å². The zero-order valence-electron chi connectivity index (χ0n) is 18.4. The molecule has 5 heteroatoms. The Labute approximate surface area is 184 Å². The van der Waals surface area contributed by atoms with Gasteiger partial charge in [-0.3, -0.25) is 9.59 Å². The number of benzene rings is 1. The average molecular weight is 424 g/mol. The summed E-state index contributed by atoms with van der Waals surface area (Å²) in [7, 11) is 0. The van der Waals surface area contributed by atoms with E-state index in [-0.39, 0.29) is 23.5 Å². The number of rotatable bonds is 3. The van der Waals surface area contributed by atoms with Crippen LogP contribution in [0.5, 0.6) is 0 Å². The van der Waals surface area contributed by atoms with Crippen LogP contribution in [0.15, 0.2) is 36.1 Å². The van der Waals surface area contributed by atoms with Crippen molar-refractivity contribution < 1.29 is 19.4 Å². The summed E-state index contributed by atoms with van der Waals surface area (Å²) in [6.07, 6.45) is 6.14. The van der Waals surface area contributed by atoms with E-state index in [1.165, 1.54) is 11.1 Å². The minimum atomic E-state index is -0.422. The van der Waals surface area contributed by atoms with E-state index < -0.39 is 5.41 Å². The van der Waals surface area contributed by atoms with Gasteiger partial charge in [-0.05, 0) is 66.9 Å². The van der Waals surface area contributed by atoms with Crippen molar-refractivity contribution in [3.8, 4) is 0 Å². The number of aliphatic hydroxyl groups excluding tert-OH is 1. The molecule has 1 N–H and O–H groups in total. The predicted octanol–water partition coefficient (Wildman–Crippen LogP) is 4.03. The first-order valence-electron chi connectivity index (χ1n) is 11.9. The highest BCUT2D eigenvalue weighted by molar-refractivity contribution is 6.03. The van der Waals surface area contributed by atoms with Gasteiger partial charge in [-0.2, -0.15) is 0 Å². The second kappa shape index (κ2) is 8.09. The molecular weight excluding hydrogens is 390 g/mol. The Bertz CT molecular complexity index is 902. The quantitative estimate of drug-likeness (QED) is 0.589. The first-order valence-corrected chi connectivity index (χ1v) is 11.9. The van der Waals surface area contributed by atoms with E-state index in [0.717, 1.165) is 31.9 Å². The number of morpholine rings is 1. The second-order valence-electron chi connectivity index (χ2n) is 10.0. The molecule has 0 aromatic heterocycles. The van der Waals surface area contributed by atoms with Gasteiger partial charge >= 0.3 is 0 Å². The molecule has 0 bridgehead atoms. The Hall–Kier alpha value is -2.14. The maximum Gasteiger partial charge on any atom is 0.222 e. The normalized spacial score (nSPS) is 36.1. The van der Waals surface area contributed by atoms with Crippen LogP contribution in [-0.4, -0.2) is 48.0 Å². The summed E-state index contributed by atoms with van der Waals surface area (Å²) >= 11 is 0. The monoisotopic (exact) mass is 423 g/mol. The van der Waals surface area contributed by atoms with Crippen LogP contribution >= 0.6 is 0 Å². The minimum Gasteiger partial charge on any atom is -0.515 e. The van der Waals surface area contributed by atoms with E-state index in [4.69, 9.17) is 4.74 Å². The number of ketones is 1. The Morgan fingerprint density at radius 2 is 2.03 bits per heavy atom. The van der Waals surface area contributed by atoms with E-state index in [9.17, 15) is 14.7 Å². The Balaban J connectivity index is 1.42. The number of carbonyl (C=O) groups excluding carboxylic acids is 2. The van der Waals surface area contributed by atoms with E-state index in [1.54, 1.807) is 0 Å². The summed E-state index contributed by atoms with van der Waals surface area (Å²) in [5, 5.41) is 10.0. The fourth-order valence-corrected chi connectivity index (χ4v) is 7.21. The maximum atomic E-state index is 13.4. The molecule has 1 heterocycles. The molecule has 0 radical (unpaired) electrons. The molecular formula is C26H33NO4. The lowest BCUT2D eigenvalue weighted by atomic mass is 9.54. The topological polar surface area (TPSA) is 66.8 Å². The number of hydrogen-bond acceptors (Lipinski definition) is 4. The largest absolute Gasteiger partial charge is 0.515 e. The van der Waals surface area contributed by atoms with E-state index in [2.05, 4.69) is 31.2 Å². The number of carbonyl (C=O) groups is 2. The SMILES string of the molecule is CC12CCC3c4ccccc4CCC3C1C(CCC(=O)N1CCOCC1)/C(=C/O)C2=O. The number of amides is 1. The second-order valence-corrected chi connectivity index (χ2v) is 10.0. The molecule has 1 aromatic carbocycles. The first kappa shape index (κ1) is 20.7. The number of hydrogen-bond donors (Lipinski definition) is 1. The number of fused-ring (bicyclic) bond motifs is 5. The molecule has 31 heavy (non-hydrogen) atoms. The summed E-state index contributed by atoms with van der Waals surface area (Å²) in [6.45, 7) is 4.60. The molecule has 4 aliphatic rings. The molecule has 1 saturated heterocycles. The van der Waals surface area contributed by atoms with Crippen LogP contribution in [0.25, 0.3) is 0 Å². The van der Waals surface area contributed by atoms with Gasteiger partial charge in [-0.25, -0.2) is 0 Å². The molecule has 3 aliphatic carbocycles. The molecule has 1 aliphatic heterocycles. The molecule has 5 rings (SSSR count). The molecule has 1 amide bonds. The maximum absolute atomic E-state index is 13.4. The van der Waals surface area contributed by atoms with Crippen LogP contribution in [0, 0.1) is 23.2 Å². The molecule has 5 unspecified atom stereocenters. The van der Waals surface area contributed by atoms with Crippen molar-refractivity contribution in [1.29, 1.82) is 0 Å². The van der Waals surface area contributed by atoms with Gasteiger partial charge in [0.25, 0.3) is 0 Å². The molecule has 1 aromatic rings. The lowest BCUT2D eigenvalue weighted by molar-refractivity contribution is -0.135. The van der Waals surface area contributed by atoms with Crippen molar-refractivity contribution in [2.75, 3.05) is 26.3 Å². The summed E-state index contributed by atoms with van der Waals surface area (Å²) < 4.78 is 5.37. The number of allylic oxidation sites excluding steroid dienone is 1. The van der Waals surface area contributed by atoms with Gasteiger partial charge in [-0.15, -0.1) is 0 Å². The smallest absolute Gasteiger partial charge is 0.222 e. The summed E-state index contributed by atoms with van der Waals surface area (Å²) in [4.78, 5) is 28.1. The molecule has 0 spiro atoms. The van der Waals surface area contributed by atoms with Gasteiger partial charge < -0.3 is 14.7 Å². The third-order valence-corrected chi connectivity index (χ3v) is 8.68. The Kier molecular flexibility index (Phi) is 5.41. The summed E-state index contributed by atoms with van der Waals surface area (Å²) in [5.41, 5.74) is 3.04. The van der Waals surface area contributed by atoms with Crippen molar-refractivity contribution in [3.05, 3.63) is 47.2 Å². The standard InChI is InChI=1S/C26H33NO4/c1-26-11-10-19-18-5-3-2-4-17(18)6-7-20(19)24(26)21(22(16-28)25(26)30)8-9-23(29)27-12-14-31-15-13-27/h2-5,16,19-21,24,28H,6-15H2,1H3/b22-16-.